The van der Waals surface area contributed by atoms with Crippen LogP contribution in [0, 0.1) is 0 Å². The van der Waals surface area contributed by atoms with Crippen molar-refractivity contribution in [3.05, 3.63) is 65.7 Å². The van der Waals surface area contributed by atoms with Crippen LogP contribution in [0.5, 0.6) is 0 Å². The summed E-state index contributed by atoms with van der Waals surface area (Å²) in [6.07, 6.45) is -4.44. The molecular formula is C15H12F3N3OS. The van der Waals surface area contributed by atoms with Crippen molar-refractivity contribution in [1.29, 1.82) is 0 Å². The van der Waals surface area contributed by atoms with E-state index in [-0.39, 0.29) is 10.7 Å². The van der Waals surface area contributed by atoms with Gasteiger partial charge >= 0.3 is 6.18 Å². The quantitative estimate of drug-likeness (QED) is 0.580. The molecule has 4 nitrogen and oxygen atoms in total. The number of carbonyl (C=O) groups excluding carboxylic acids is 1. The number of nitrogens with one attached hydrogen (secondary N) is 3. The number of thiocarbonyl (C=S) groups is 1. The third kappa shape index (κ3) is 4.96. The zero-order chi connectivity index (χ0) is 16.9. The summed E-state index contributed by atoms with van der Waals surface area (Å²) in [6, 6.07) is 12.9. The summed E-state index contributed by atoms with van der Waals surface area (Å²) in [4.78, 5) is 11.8. The molecule has 0 radical (unpaired) electrons. The summed E-state index contributed by atoms with van der Waals surface area (Å²) in [5, 5.41) is 2.98. The van der Waals surface area contributed by atoms with Crippen molar-refractivity contribution in [2.75, 3.05) is 5.32 Å². The van der Waals surface area contributed by atoms with E-state index < -0.39 is 17.6 Å². The Hall–Kier alpha value is -2.61. The van der Waals surface area contributed by atoms with Gasteiger partial charge in [0.1, 0.15) is 0 Å². The summed E-state index contributed by atoms with van der Waals surface area (Å²) < 4.78 is 37.3. The number of halogens is 3. The van der Waals surface area contributed by atoms with Crippen LogP contribution >= 0.6 is 12.2 Å². The van der Waals surface area contributed by atoms with Gasteiger partial charge in [-0.1, -0.05) is 18.2 Å². The van der Waals surface area contributed by atoms with Crippen LogP contribution in [0.1, 0.15) is 15.9 Å². The molecular weight excluding hydrogens is 327 g/mol. The number of anilines is 1. The average Bonchev–Trinajstić information content (AvgIpc) is 2.53. The highest BCUT2D eigenvalue weighted by molar-refractivity contribution is 7.80. The predicted molar refractivity (Wildman–Crippen MR) is 84.7 cm³/mol. The lowest BCUT2D eigenvalue weighted by molar-refractivity contribution is -0.137. The number of alkyl halides is 3. The maximum Gasteiger partial charge on any atom is 0.416 e. The molecule has 0 spiro atoms. The van der Waals surface area contributed by atoms with E-state index in [2.05, 4.69) is 16.2 Å². The molecule has 8 heteroatoms. The molecule has 0 unspecified atom stereocenters. The van der Waals surface area contributed by atoms with Crippen molar-refractivity contribution in [2.24, 2.45) is 0 Å². The third-order valence-electron chi connectivity index (χ3n) is 2.80. The van der Waals surface area contributed by atoms with Gasteiger partial charge in [0.15, 0.2) is 5.11 Å². The molecule has 0 saturated carbocycles. The standard InChI is InChI=1S/C15H12F3N3OS/c16-15(17,18)11-8-6-10(7-9-11)13(22)20-21-14(23)19-12-4-2-1-3-5-12/h1-9H,(H,20,22)(H2,19,21,23). The van der Waals surface area contributed by atoms with Crippen molar-refractivity contribution in [1.82, 2.24) is 10.9 Å². The van der Waals surface area contributed by atoms with Gasteiger partial charge < -0.3 is 5.32 Å². The smallest absolute Gasteiger partial charge is 0.331 e. The molecule has 0 aliphatic carbocycles. The zero-order valence-electron chi connectivity index (χ0n) is 11.6. The molecule has 2 rings (SSSR count). The highest BCUT2D eigenvalue weighted by Crippen LogP contribution is 2.28. The average molecular weight is 339 g/mol. The van der Waals surface area contributed by atoms with Crippen LogP contribution in [-0.2, 0) is 6.18 Å². The predicted octanol–water partition coefficient (Wildman–Crippen LogP) is 3.34. The molecule has 0 saturated heterocycles. The van der Waals surface area contributed by atoms with Crippen molar-refractivity contribution in [3.8, 4) is 0 Å². The Morgan fingerprint density at radius 2 is 1.52 bits per heavy atom. The molecule has 0 atom stereocenters. The van der Waals surface area contributed by atoms with Crippen molar-refractivity contribution >= 4 is 28.9 Å². The zero-order valence-corrected chi connectivity index (χ0v) is 12.5. The van der Waals surface area contributed by atoms with E-state index in [1.807, 2.05) is 18.2 Å². The van der Waals surface area contributed by atoms with Crippen LogP contribution in [-0.4, -0.2) is 11.0 Å². The number of amides is 1. The summed E-state index contributed by atoms with van der Waals surface area (Å²) >= 11 is 4.99. The van der Waals surface area contributed by atoms with E-state index in [4.69, 9.17) is 12.2 Å². The highest BCUT2D eigenvalue weighted by Gasteiger charge is 2.30. The van der Waals surface area contributed by atoms with E-state index in [1.165, 1.54) is 0 Å². The molecule has 0 fully saturated rings. The molecule has 0 heterocycles. The van der Waals surface area contributed by atoms with Gasteiger partial charge in [0.2, 0.25) is 0 Å². The Bertz CT molecular complexity index is 687. The lowest BCUT2D eigenvalue weighted by Gasteiger charge is -2.12. The number of hydrogen-bond acceptors (Lipinski definition) is 2. The molecule has 3 N–H and O–H groups in total. The molecule has 1 amide bonds. The van der Waals surface area contributed by atoms with Crippen molar-refractivity contribution in [2.45, 2.75) is 6.18 Å². The van der Waals surface area contributed by atoms with E-state index in [0.717, 1.165) is 30.0 Å². The fourth-order valence-electron chi connectivity index (χ4n) is 1.68. The lowest BCUT2D eigenvalue weighted by atomic mass is 10.1. The normalized spacial score (nSPS) is 10.7. The number of hydrazine groups is 1. The molecule has 120 valence electrons. The summed E-state index contributed by atoms with van der Waals surface area (Å²) in [7, 11) is 0. The number of benzene rings is 2. The van der Waals surface area contributed by atoms with Gasteiger partial charge in [0, 0.05) is 11.3 Å². The largest absolute Gasteiger partial charge is 0.416 e. The summed E-state index contributed by atoms with van der Waals surface area (Å²) in [5.41, 5.74) is 4.77. The van der Waals surface area contributed by atoms with E-state index in [0.29, 0.717) is 0 Å². The maximum absolute atomic E-state index is 12.4. The molecule has 0 bridgehead atoms. The summed E-state index contributed by atoms with van der Waals surface area (Å²) in [6.45, 7) is 0. The Morgan fingerprint density at radius 1 is 0.913 bits per heavy atom. The SMILES string of the molecule is O=C(NNC(=S)Nc1ccccc1)c1ccc(C(F)(F)F)cc1. The molecule has 0 aromatic heterocycles. The number of para-hydroxylation sites is 1. The minimum Gasteiger partial charge on any atom is -0.331 e. The second kappa shape index (κ2) is 7.10. The molecule has 2 aromatic rings. The second-order valence-electron chi connectivity index (χ2n) is 4.47. The van der Waals surface area contributed by atoms with Crippen LogP contribution in [0.15, 0.2) is 54.6 Å². The van der Waals surface area contributed by atoms with Gasteiger partial charge in [-0.25, -0.2) is 0 Å². The Labute approximate surface area is 135 Å². The van der Waals surface area contributed by atoms with Crippen LogP contribution in [0.2, 0.25) is 0 Å². The summed E-state index contributed by atoms with van der Waals surface area (Å²) in [5.74, 6) is -0.601. The highest BCUT2D eigenvalue weighted by atomic mass is 32.1. The Kier molecular flexibility index (Phi) is 5.17. The fourth-order valence-corrected chi connectivity index (χ4v) is 1.85. The van der Waals surface area contributed by atoms with Gasteiger partial charge in [-0.05, 0) is 48.6 Å². The minimum atomic E-state index is -4.44. The van der Waals surface area contributed by atoms with Crippen molar-refractivity contribution < 1.29 is 18.0 Å². The van der Waals surface area contributed by atoms with Gasteiger partial charge in [-0.2, -0.15) is 13.2 Å². The molecule has 2 aromatic carbocycles. The number of carbonyl (C=O) groups is 1. The van der Waals surface area contributed by atoms with Gasteiger partial charge in [0.05, 0.1) is 5.56 Å². The third-order valence-corrected chi connectivity index (χ3v) is 3.00. The topological polar surface area (TPSA) is 53.2 Å². The first-order chi connectivity index (χ1) is 10.9. The number of hydrogen-bond donors (Lipinski definition) is 3. The Balaban J connectivity index is 1.88. The van der Waals surface area contributed by atoms with Gasteiger partial charge in [-0.3, -0.25) is 15.6 Å². The molecule has 0 aliphatic rings. The Morgan fingerprint density at radius 3 is 2.09 bits per heavy atom. The molecule has 23 heavy (non-hydrogen) atoms. The van der Waals surface area contributed by atoms with E-state index >= 15 is 0 Å². The van der Waals surface area contributed by atoms with Crippen LogP contribution in [0.25, 0.3) is 0 Å². The second-order valence-corrected chi connectivity index (χ2v) is 4.88. The lowest BCUT2D eigenvalue weighted by Crippen LogP contribution is -2.43. The first-order valence-electron chi connectivity index (χ1n) is 6.46. The fraction of sp³-hybridized carbons (Fsp3) is 0.0667. The van der Waals surface area contributed by atoms with E-state index in [1.54, 1.807) is 12.1 Å². The first kappa shape index (κ1) is 16.8. The van der Waals surface area contributed by atoms with Gasteiger partial charge in [-0.15, -0.1) is 0 Å². The van der Waals surface area contributed by atoms with E-state index in [9.17, 15) is 18.0 Å². The number of rotatable bonds is 2. The maximum atomic E-state index is 12.4. The van der Waals surface area contributed by atoms with Crippen molar-refractivity contribution in [3.63, 3.8) is 0 Å². The van der Waals surface area contributed by atoms with Crippen LogP contribution < -0.4 is 16.2 Å². The van der Waals surface area contributed by atoms with Gasteiger partial charge in [0.25, 0.3) is 5.91 Å². The first-order valence-corrected chi connectivity index (χ1v) is 6.87. The van der Waals surface area contributed by atoms with Crippen LogP contribution in [0.4, 0.5) is 18.9 Å². The van der Waals surface area contributed by atoms with Crippen LogP contribution in [0.3, 0.4) is 0 Å². The molecule has 0 aliphatic heterocycles. The monoisotopic (exact) mass is 339 g/mol. The minimum absolute atomic E-state index is 0.0769.